The molecule has 5 nitrogen and oxygen atoms in total. The van der Waals surface area contributed by atoms with Gasteiger partial charge in [0.2, 0.25) is 0 Å². The average molecular weight is 319 g/mol. The maximum Gasteiger partial charge on any atom is 0.312 e. The van der Waals surface area contributed by atoms with Crippen LogP contribution in [0.15, 0.2) is 16.6 Å². The zero-order valence-electron chi connectivity index (χ0n) is 9.49. The van der Waals surface area contributed by atoms with E-state index in [9.17, 15) is 14.5 Å². The van der Waals surface area contributed by atoms with Crippen molar-refractivity contribution in [2.24, 2.45) is 0 Å². The number of piperidine rings is 1. The highest BCUT2D eigenvalue weighted by Gasteiger charge is 2.23. The lowest BCUT2D eigenvalue weighted by molar-refractivity contribution is -0.386. The highest BCUT2D eigenvalue weighted by atomic mass is 79.9. The molecule has 1 N–H and O–H groups in total. The number of rotatable bonds is 3. The number of nitro benzene ring substituents is 1. The van der Waals surface area contributed by atoms with Crippen molar-refractivity contribution in [3.8, 4) is 5.75 Å². The Morgan fingerprint density at radius 1 is 1.56 bits per heavy atom. The van der Waals surface area contributed by atoms with Gasteiger partial charge in [0, 0.05) is 18.7 Å². The maximum atomic E-state index is 13.4. The molecule has 1 aliphatic heterocycles. The Hall–Kier alpha value is -1.21. The van der Waals surface area contributed by atoms with Crippen LogP contribution < -0.4 is 10.1 Å². The predicted molar refractivity (Wildman–Crippen MR) is 67.3 cm³/mol. The number of ether oxygens (including phenoxy) is 1. The number of halogens is 2. The van der Waals surface area contributed by atoms with Crippen molar-refractivity contribution in [2.45, 2.75) is 18.9 Å². The van der Waals surface area contributed by atoms with Gasteiger partial charge in [-0.2, -0.15) is 0 Å². The van der Waals surface area contributed by atoms with Crippen molar-refractivity contribution < 1.29 is 14.1 Å². The van der Waals surface area contributed by atoms with Crippen LogP contribution in [0.5, 0.6) is 5.75 Å². The number of hydrogen-bond acceptors (Lipinski definition) is 4. The second kappa shape index (κ2) is 5.62. The third-order valence-corrected chi connectivity index (χ3v) is 3.35. The molecule has 0 aromatic heterocycles. The van der Waals surface area contributed by atoms with Crippen LogP contribution in [0.4, 0.5) is 10.1 Å². The van der Waals surface area contributed by atoms with Crippen LogP contribution in [0.2, 0.25) is 0 Å². The van der Waals surface area contributed by atoms with Gasteiger partial charge in [0.05, 0.1) is 9.40 Å². The van der Waals surface area contributed by atoms with Gasteiger partial charge in [-0.25, -0.2) is 4.39 Å². The summed E-state index contributed by atoms with van der Waals surface area (Å²) in [5, 5.41) is 14.0. The highest BCUT2D eigenvalue weighted by molar-refractivity contribution is 9.10. The summed E-state index contributed by atoms with van der Waals surface area (Å²) >= 11 is 2.93. The summed E-state index contributed by atoms with van der Waals surface area (Å²) in [5.74, 6) is -0.589. The van der Waals surface area contributed by atoms with Crippen molar-refractivity contribution in [2.75, 3.05) is 13.1 Å². The van der Waals surface area contributed by atoms with Crippen molar-refractivity contribution >= 4 is 21.6 Å². The molecule has 0 radical (unpaired) electrons. The third-order valence-electron chi connectivity index (χ3n) is 2.74. The molecular weight excluding hydrogens is 307 g/mol. The molecule has 1 saturated heterocycles. The van der Waals surface area contributed by atoms with E-state index in [0.717, 1.165) is 31.5 Å². The van der Waals surface area contributed by atoms with Crippen LogP contribution in [-0.4, -0.2) is 24.1 Å². The van der Waals surface area contributed by atoms with Gasteiger partial charge in [-0.3, -0.25) is 10.1 Å². The molecule has 0 bridgehead atoms. The van der Waals surface area contributed by atoms with Gasteiger partial charge < -0.3 is 10.1 Å². The lowest BCUT2D eigenvalue weighted by atomic mass is 10.1. The molecule has 1 aromatic rings. The van der Waals surface area contributed by atoms with Crippen LogP contribution in [-0.2, 0) is 0 Å². The van der Waals surface area contributed by atoms with Crippen LogP contribution in [0.25, 0.3) is 0 Å². The SMILES string of the molecule is O=[N+]([O-])c1cc(Br)c(F)cc1OC1CCCNC1. The minimum absolute atomic E-state index is 0.0191. The van der Waals surface area contributed by atoms with Crippen molar-refractivity contribution in [3.05, 3.63) is 32.5 Å². The molecule has 1 unspecified atom stereocenters. The topological polar surface area (TPSA) is 64.4 Å². The molecule has 1 fully saturated rings. The minimum Gasteiger partial charge on any atom is -0.482 e. The van der Waals surface area contributed by atoms with Crippen molar-refractivity contribution in [1.82, 2.24) is 5.32 Å². The fraction of sp³-hybridized carbons (Fsp3) is 0.455. The summed E-state index contributed by atoms with van der Waals surface area (Å²) in [7, 11) is 0. The number of nitro groups is 1. The fourth-order valence-electron chi connectivity index (χ4n) is 1.86. The summed E-state index contributed by atoms with van der Waals surface area (Å²) in [6.07, 6.45) is 1.59. The Labute approximate surface area is 112 Å². The van der Waals surface area contributed by atoms with Gasteiger partial charge in [-0.05, 0) is 35.3 Å². The molecule has 0 spiro atoms. The summed E-state index contributed by atoms with van der Waals surface area (Å²) in [6.45, 7) is 1.53. The van der Waals surface area contributed by atoms with Crippen molar-refractivity contribution in [3.63, 3.8) is 0 Å². The Morgan fingerprint density at radius 2 is 2.33 bits per heavy atom. The van der Waals surface area contributed by atoms with E-state index in [2.05, 4.69) is 21.2 Å². The quantitative estimate of drug-likeness (QED) is 0.687. The van der Waals surface area contributed by atoms with Gasteiger partial charge in [0.1, 0.15) is 11.9 Å². The average Bonchev–Trinajstić information content (AvgIpc) is 2.34. The zero-order valence-corrected chi connectivity index (χ0v) is 11.1. The first-order valence-electron chi connectivity index (χ1n) is 5.58. The van der Waals surface area contributed by atoms with Gasteiger partial charge in [-0.1, -0.05) is 0 Å². The molecule has 1 aromatic carbocycles. The van der Waals surface area contributed by atoms with Gasteiger partial charge in [0.25, 0.3) is 0 Å². The van der Waals surface area contributed by atoms with E-state index in [1.54, 1.807) is 0 Å². The third kappa shape index (κ3) is 2.97. The van der Waals surface area contributed by atoms with Gasteiger partial charge in [-0.15, -0.1) is 0 Å². The largest absolute Gasteiger partial charge is 0.482 e. The Bertz CT molecular complexity index is 464. The molecular formula is C11H12BrFN2O3. The molecule has 2 rings (SSSR count). The molecule has 1 atom stereocenters. The normalized spacial score (nSPS) is 19.6. The smallest absolute Gasteiger partial charge is 0.312 e. The first kappa shape index (κ1) is 13.2. The molecule has 0 amide bonds. The summed E-state index contributed by atoms with van der Waals surface area (Å²) in [5.41, 5.74) is -0.228. The first-order chi connectivity index (χ1) is 8.58. The summed E-state index contributed by atoms with van der Waals surface area (Å²) in [4.78, 5) is 10.3. The lowest BCUT2D eigenvalue weighted by Gasteiger charge is -2.23. The fourth-order valence-corrected chi connectivity index (χ4v) is 2.19. The molecule has 0 saturated carbocycles. The molecule has 0 aliphatic carbocycles. The standard InChI is InChI=1S/C11H12BrFN2O3/c12-8-4-10(15(16)17)11(5-9(8)13)18-7-2-1-3-14-6-7/h4-5,7,14H,1-3,6H2. The maximum absolute atomic E-state index is 13.4. The van der Waals surface area contributed by atoms with Gasteiger partial charge >= 0.3 is 5.69 Å². The van der Waals surface area contributed by atoms with Crippen LogP contribution in [0.1, 0.15) is 12.8 Å². The molecule has 1 heterocycles. The Kier molecular flexibility index (Phi) is 4.13. The van der Waals surface area contributed by atoms with Crippen LogP contribution in [0.3, 0.4) is 0 Å². The van der Waals surface area contributed by atoms with Crippen LogP contribution >= 0.6 is 15.9 Å². The number of hydrogen-bond donors (Lipinski definition) is 1. The minimum atomic E-state index is -0.574. The monoisotopic (exact) mass is 318 g/mol. The van der Waals surface area contributed by atoms with Gasteiger partial charge in [0.15, 0.2) is 5.75 Å². The van der Waals surface area contributed by atoms with E-state index < -0.39 is 10.7 Å². The zero-order chi connectivity index (χ0) is 13.1. The summed E-state index contributed by atoms with van der Waals surface area (Å²) in [6, 6.07) is 2.18. The highest BCUT2D eigenvalue weighted by Crippen LogP contribution is 2.33. The molecule has 1 aliphatic rings. The van der Waals surface area contributed by atoms with E-state index in [1.165, 1.54) is 0 Å². The molecule has 98 valence electrons. The van der Waals surface area contributed by atoms with Crippen LogP contribution in [0, 0.1) is 15.9 Å². The Balaban J connectivity index is 2.24. The molecule has 18 heavy (non-hydrogen) atoms. The van der Waals surface area contributed by atoms with Crippen molar-refractivity contribution in [1.29, 1.82) is 0 Å². The predicted octanol–water partition coefficient (Wildman–Crippen LogP) is 2.63. The number of nitrogens with zero attached hydrogens (tertiary/aromatic N) is 1. The second-order valence-electron chi connectivity index (χ2n) is 4.08. The molecule has 7 heteroatoms. The van der Waals surface area contributed by atoms with E-state index >= 15 is 0 Å². The Morgan fingerprint density at radius 3 is 2.94 bits per heavy atom. The van der Waals surface area contributed by atoms with E-state index in [4.69, 9.17) is 4.74 Å². The van der Waals surface area contributed by atoms with E-state index in [-0.39, 0.29) is 22.0 Å². The second-order valence-corrected chi connectivity index (χ2v) is 4.93. The van der Waals surface area contributed by atoms with E-state index in [1.807, 2.05) is 0 Å². The number of nitrogens with one attached hydrogen (secondary N) is 1. The summed E-state index contributed by atoms with van der Waals surface area (Å²) < 4.78 is 19.0. The lowest BCUT2D eigenvalue weighted by Crippen LogP contribution is -2.37. The van der Waals surface area contributed by atoms with E-state index in [0.29, 0.717) is 6.54 Å². The number of benzene rings is 1. The first-order valence-corrected chi connectivity index (χ1v) is 6.38.